The monoisotopic (exact) mass is 1960 g/mol. The number of alkyl halides is 5. The average molecular weight is 1960 g/mol. The molecule has 0 aliphatic carbocycles. The number of carboxylic acids is 3. The fourth-order valence-corrected chi connectivity index (χ4v) is 13.7. The molecule has 1 atom stereocenters. The molecule has 0 unspecified atom stereocenters. The normalized spacial score (nSPS) is 12.6. The number of ether oxygens (including phenoxy) is 4. The van der Waals surface area contributed by atoms with Gasteiger partial charge in [0.2, 0.25) is 26.1 Å². The van der Waals surface area contributed by atoms with E-state index in [1.807, 2.05) is 12.3 Å². The van der Waals surface area contributed by atoms with E-state index in [2.05, 4.69) is 128 Å². The van der Waals surface area contributed by atoms with Crippen molar-refractivity contribution in [1.82, 2.24) is 103 Å². The van der Waals surface area contributed by atoms with Gasteiger partial charge in [0, 0.05) is 65.9 Å². The molecule has 0 spiro atoms. The number of nitrogens with zero attached hydrogens (tertiary/aromatic N) is 22. The molecule has 1 fully saturated rings. The van der Waals surface area contributed by atoms with E-state index < -0.39 is 106 Å². The van der Waals surface area contributed by atoms with E-state index in [9.17, 15) is 77.5 Å². The van der Waals surface area contributed by atoms with E-state index in [-0.39, 0.29) is 109 Å². The van der Waals surface area contributed by atoms with Crippen LogP contribution in [0.4, 0.5) is 55.8 Å². The predicted octanol–water partition coefficient (Wildman–Crippen LogP) is 12.8. The Bertz CT molecular complexity index is 6210. The number of thiazole rings is 2. The van der Waals surface area contributed by atoms with Crippen LogP contribution in [0.2, 0.25) is 0 Å². The van der Waals surface area contributed by atoms with Gasteiger partial charge in [0.05, 0.1) is 81.6 Å². The first-order valence-electron chi connectivity index (χ1n) is 34.9. The number of halogens is 13. The van der Waals surface area contributed by atoms with Crippen LogP contribution >= 0.6 is 70.5 Å². The fraction of sp³-hybridized carbons (Fsp3) is 0.310. The molecule has 14 aromatic heterocycles. The van der Waals surface area contributed by atoms with Crippen molar-refractivity contribution in [3.05, 3.63) is 178 Å². The zero-order chi connectivity index (χ0) is 90.9. The molecule has 652 valence electrons. The van der Waals surface area contributed by atoms with E-state index in [0.29, 0.717) is 42.6 Å². The van der Waals surface area contributed by atoms with Gasteiger partial charge >= 0.3 is 48.0 Å². The standard InChI is InChI=1S/C17H20F4N4O2.C12H13BrFN3O2.C10H9F2N3O2S.C9H9N3O2S.C8H5BrFN3O2.C8H7FN4O2.C7H3BrFN3O2/c1-16(2,3)27-14(26)8-10-7-13-22-15(23-25(13)9-11(10)18)24-6-4-5-12(24)17(19,20)21;1-12(2,3)19-10(18)5-7-4-9-15-11(13)16-17(9)6-8(7)14;1-4-6(8(11)12)14-9(18-4)5-3-13-15(2)7(5)10(16)17;1-5-4-15-8(11-5)6-3-10-12(2)7(6)9(13)14;1-15-7(14)4-2-6-11-8(9)12-13(6)3-5(4)10;1-15-7(14)4-2-6-11-8(10)12-13(6)3-5(4)9;8-7-10-5-1-3(6(13)14)4(9)2-12(5)11-7/h7,9,12H,4-6,8H2,1-3H3;4,6H,5H2,1-3H3;3,8H,1-2H3,(H,16,17);3-4H,1-2H3,(H,13,14);2-3H,1H3;2-3H,1H3,(H2,10,12);1-2H,(H,13,14)/t12-;;;;;;/m1....../s1. The number of carbonyl (C=O) groups excluding carboxylic acids is 4. The number of carbonyl (C=O) groups is 7. The number of pyridine rings is 5. The first-order chi connectivity index (χ1) is 57.5. The zero-order valence-electron chi connectivity index (χ0n) is 65.7. The molecule has 0 radical (unpaired) electrons. The molecule has 15 heterocycles. The van der Waals surface area contributed by atoms with Crippen molar-refractivity contribution in [2.75, 3.05) is 31.4 Å². The van der Waals surface area contributed by atoms with Gasteiger partial charge in [-0.2, -0.15) is 33.3 Å². The summed E-state index contributed by atoms with van der Waals surface area (Å²) in [7, 11) is 5.44. The molecule has 1 aliphatic heterocycles. The van der Waals surface area contributed by atoms with Gasteiger partial charge in [-0.1, -0.05) is 0 Å². The Balaban J connectivity index is 0.000000165. The Morgan fingerprint density at radius 1 is 0.545 bits per heavy atom. The number of hydrogen-bond acceptors (Lipinski definition) is 29. The zero-order valence-corrected chi connectivity index (χ0v) is 72.1. The number of nitrogen functional groups attached to an aromatic ring is 1. The number of aryl methyl sites for hydroxylation is 4. The SMILES string of the molecule is CC(C)(C)OC(=O)Cc1cc2nc(Br)nn2cc1F.CC(C)(C)OC(=O)Cc1cc2nc(N3CCC[C@@H]3C(F)(F)F)nn2cc1F.COC(=O)c1cc2nc(Br)nn2cc1F.COC(=O)c1cc2nc(N)nn2cc1F.Cc1csc(-c2cnn(C)c2C(=O)O)n1.Cc1sc(-c2cnn(C)c2C(=O)O)nc1C(F)F.O=C(O)c1cc2nc(Br)nn2cc1F. The van der Waals surface area contributed by atoms with E-state index in [0.717, 1.165) is 66.3 Å². The Labute approximate surface area is 717 Å². The van der Waals surface area contributed by atoms with E-state index in [4.69, 9.17) is 30.5 Å². The lowest BCUT2D eigenvalue weighted by Crippen LogP contribution is -2.41. The van der Waals surface area contributed by atoms with Crippen LogP contribution in [0.15, 0.2) is 93.3 Å². The predicted molar refractivity (Wildman–Crippen MR) is 424 cm³/mol. The van der Waals surface area contributed by atoms with Crippen LogP contribution in [0.5, 0.6) is 0 Å². The average Bonchev–Trinajstić information content (AvgIpc) is 1.70. The number of hydrogen-bond donors (Lipinski definition) is 4. The van der Waals surface area contributed by atoms with Gasteiger partial charge in [-0.15, -0.1) is 48.2 Å². The van der Waals surface area contributed by atoms with Gasteiger partial charge in [0.1, 0.15) is 61.3 Å². The van der Waals surface area contributed by atoms with E-state index in [1.54, 1.807) is 48.6 Å². The maximum absolute atomic E-state index is 14.3. The molecule has 1 saturated heterocycles. The van der Waals surface area contributed by atoms with Crippen molar-refractivity contribution in [3.8, 4) is 21.1 Å². The summed E-state index contributed by atoms with van der Waals surface area (Å²) in [5, 5.41) is 56.4. The molecule has 1 aliphatic rings. The molecular formula is C71H66Br3F10N23O14S2. The van der Waals surface area contributed by atoms with Crippen molar-refractivity contribution in [2.45, 2.75) is 111 Å². The molecule has 123 heavy (non-hydrogen) atoms. The topological polar surface area (TPSA) is 459 Å². The summed E-state index contributed by atoms with van der Waals surface area (Å²) < 4.78 is 161. The summed E-state index contributed by atoms with van der Waals surface area (Å²) in [6.45, 7) is 14.0. The highest BCUT2D eigenvalue weighted by Crippen LogP contribution is 2.37. The maximum Gasteiger partial charge on any atom is 0.408 e. The third-order valence-electron chi connectivity index (χ3n) is 16.0. The second kappa shape index (κ2) is 39.1. The molecule has 0 saturated carbocycles. The second-order valence-electron chi connectivity index (χ2n) is 27.4. The van der Waals surface area contributed by atoms with Gasteiger partial charge in [-0.3, -0.25) is 19.0 Å². The number of aromatic carboxylic acids is 3. The number of carboxylic acid groups (broad SMARTS) is 3. The fourth-order valence-electron chi connectivity index (χ4n) is 10.9. The van der Waals surface area contributed by atoms with Gasteiger partial charge in [-0.05, 0) is 128 Å². The minimum Gasteiger partial charge on any atom is -0.478 e. The molecule has 15 rings (SSSR count). The van der Waals surface area contributed by atoms with Crippen LogP contribution in [-0.4, -0.2) is 204 Å². The molecular weight excluding hydrogens is 1890 g/mol. The van der Waals surface area contributed by atoms with Crippen LogP contribution in [0.1, 0.15) is 140 Å². The van der Waals surface area contributed by atoms with Crippen LogP contribution in [0.25, 0.3) is 49.4 Å². The highest BCUT2D eigenvalue weighted by atomic mass is 79.9. The molecule has 52 heteroatoms. The smallest absolute Gasteiger partial charge is 0.408 e. The first-order valence-corrected chi connectivity index (χ1v) is 38.9. The maximum atomic E-state index is 14.3. The van der Waals surface area contributed by atoms with Gasteiger partial charge in [-0.25, -0.2) is 102 Å². The van der Waals surface area contributed by atoms with Gasteiger partial charge in [0.15, 0.2) is 57.1 Å². The number of anilines is 2. The van der Waals surface area contributed by atoms with Crippen LogP contribution in [0, 0.1) is 42.9 Å². The molecule has 5 N–H and O–H groups in total. The minimum atomic E-state index is -4.39. The van der Waals surface area contributed by atoms with Gasteiger partial charge < -0.3 is 44.9 Å². The number of aromatic nitrogens is 21. The largest absolute Gasteiger partial charge is 0.478 e. The summed E-state index contributed by atoms with van der Waals surface area (Å²) >= 11 is 11.6. The van der Waals surface area contributed by atoms with Crippen molar-refractivity contribution in [2.24, 2.45) is 14.1 Å². The molecule has 0 aromatic carbocycles. The number of nitrogens with two attached hydrogens (primary N) is 1. The van der Waals surface area contributed by atoms with Crippen molar-refractivity contribution >= 4 is 152 Å². The van der Waals surface area contributed by atoms with E-state index >= 15 is 0 Å². The van der Waals surface area contributed by atoms with Crippen molar-refractivity contribution < 1.29 is 112 Å². The Kier molecular flexibility index (Phi) is 29.9. The Morgan fingerprint density at radius 2 is 0.943 bits per heavy atom. The second-order valence-corrected chi connectivity index (χ2v) is 31.6. The van der Waals surface area contributed by atoms with Crippen molar-refractivity contribution in [1.29, 1.82) is 0 Å². The number of fused-ring (bicyclic) bond motifs is 5. The summed E-state index contributed by atoms with van der Waals surface area (Å²) in [6.07, 6.45) is 0.938. The van der Waals surface area contributed by atoms with Crippen LogP contribution < -0.4 is 10.6 Å². The lowest BCUT2D eigenvalue weighted by Gasteiger charge is -2.24. The lowest BCUT2D eigenvalue weighted by atomic mass is 10.1. The van der Waals surface area contributed by atoms with Crippen molar-refractivity contribution in [3.63, 3.8) is 0 Å². The van der Waals surface area contributed by atoms with Crippen LogP contribution in [-0.2, 0) is 55.5 Å². The number of rotatable bonds is 13. The summed E-state index contributed by atoms with van der Waals surface area (Å²) in [5.41, 5.74) is 6.59. The third kappa shape index (κ3) is 24.2. The van der Waals surface area contributed by atoms with E-state index in [1.165, 1.54) is 101 Å². The highest BCUT2D eigenvalue weighted by molar-refractivity contribution is 9.10. The van der Waals surface area contributed by atoms with Crippen LogP contribution in [0.3, 0.4) is 0 Å². The quantitative estimate of drug-likeness (QED) is 0.0473. The Morgan fingerprint density at radius 3 is 1.34 bits per heavy atom. The molecule has 37 nitrogen and oxygen atoms in total. The summed E-state index contributed by atoms with van der Waals surface area (Å²) in [5.74, 6) is -9.69. The molecule has 0 bridgehead atoms. The highest BCUT2D eigenvalue weighted by Gasteiger charge is 2.47. The number of methoxy groups -OCH3 is 2. The minimum absolute atomic E-state index is 0.0106. The first kappa shape index (κ1) is 94.3. The Hall–Kier alpha value is -12.6. The summed E-state index contributed by atoms with van der Waals surface area (Å²) in [4.78, 5) is 108. The summed E-state index contributed by atoms with van der Waals surface area (Å²) in [6, 6.07) is 4.76. The lowest BCUT2D eigenvalue weighted by molar-refractivity contribution is -0.155. The number of esters is 4. The molecule has 0 amide bonds. The van der Waals surface area contributed by atoms with Gasteiger partial charge in [0.25, 0.3) is 6.43 Å². The third-order valence-corrected chi connectivity index (χ3v) is 19.1. The molecule has 14 aromatic rings.